The van der Waals surface area contributed by atoms with E-state index in [1.165, 1.54) is 4.90 Å². The second-order valence-electron chi connectivity index (χ2n) is 6.24. The minimum atomic E-state index is -1.22. The van der Waals surface area contributed by atoms with Crippen molar-refractivity contribution in [2.75, 3.05) is 14.1 Å². The number of ether oxygens (including phenoxy) is 1. The van der Waals surface area contributed by atoms with Gasteiger partial charge in [-0.2, -0.15) is 0 Å². The Balaban J connectivity index is 2.64. The van der Waals surface area contributed by atoms with E-state index in [2.05, 4.69) is 0 Å². The Labute approximate surface area is 106 Å². The summed E-state index contributed by atoms with van der Waals surface area (Å²) in [7, 11) is 3.24. The quantitative estimate of drug-likeness (QED) is 0.516. The molecule has 2 rings (SSSR count). The maximum absolute atomic E-state index is 12.5. The second-order valence-corrected chi connectivity index (χ2v) is 6.24. The van der Waals surface area contributed by atoms with E-state index in [0.717, 1.165) is 0 Å². The molecule has 0 N–H and O–H groups in total. The largest absolute Gasteiger partial charge is 0.392 e. The third-order valence-electron chi connectivity index (χ3n) is 5.20. The van der Waals surface area contributed by atoms with Crippen LogP contribution in [0.15, 0.2) is 0 Å². The van der Waals surface area contributed by atoms with Crippen molar-refractivity contribution >= 4 is 17.8 Å². The average molecular weight is 253 g/mol. The second kappa shape index (κ2) is 3.33. The summed E-state index contributed by atoms with van der Waals surface area (Å²) in [4.78, 5) is 38.0. The number of hydrogen-bond donors (Lipinski definition) is 0. The Morgan fingerprint density at radius 3 is 2.17 bits per heavy atom. The van der Waals surface area contributed by atoms with Gasteiger partial charge in [0.15, 0.2) is 5.41 Å². The summed E-state index contributed by atoms with van der Waals surface area (Å²) in [6, 6.07) is 0. The van der Waals surface area contributed by atoms with Crippen molar-refractivity contribution in [2.45, 2.75) is 33.6 Å². The van der Waals surface area contributed by atoms with Gasteiger partial charge in [-0.1, -0.05) is 13.8 Å². The number of amides is 1. The lowest BCUT2D eigenvalue weighted by atomic mass is 9.57. The lowest BCUT2D eigenvalue weighted by Gasteiger charge is -2.48. The summed E-state index contributed by atoms with van der Waals surface area (Å²) in [5.41, 5.74) is -2.72. The standard InChI is InChI=1S/C13H19NO4/c1-11(2)12(3)6-7-13(11,8(15)14(4)5)10(17)18-9(12)16/h6-7H2,1-5H3/t12-,13-/m1/s1. The molecule has 1 aliphatic carbocycles. The smallest absolute Gasteiger partial charge is 0.329 e. The minimum absolute atomic E-state index is 0.270. The van der Waals surface area contributed by atoms with Gasteiger partial charge in [0.05, 0.1) is 5.41 Å². The Bertz CT molecular complexity index is 454. The third kappa shape index (κ3) is 1.10. The first kappa shape index (κ1) is 13.1. The van der Waals surface area contributed by atoms with Crippen molar-refractivity contribution in [3.63, 3.8) is 0 Å². The molecule has 0 radical (unpaired) electrons. The van der Waals surface area contributed by atoms with Crippen LogP contribution >= 0.6 is 0 Å². The molecule has 2 atom stereocenters. The summed E-state index contributed by atoms with van der Waals surface area (Å²) < 4.78 is 4.86. The van der Waals surface area contributed by atoms with Gasteiger partial charge in [0.2, 0.25) is 5.91 Å². The molecular formula is C13H19NO4. The molecule has 0 aromatic rings. The van der Waals surface area contributed by atoms with Gasteiger partial charge in [0.1, 0.15) is 0 Å². The molecule has 100 valence electrons. The molecule has 2 fully saturated rings. The summed E-state index contributed by atoms with van der Waals surface area (Å²) >= 11 is 0. The molecule has 2 bridgehead atoms. The van der Waals surface area contributed by atoms with Crippen LogP contribution in [0, 0.1) is 16.2 Å². The van der Waals surface area contributed by atoms with Crippen molar-refractivity contribution in [3.8, 4) is 0 Å². The fraction of sp³-hybridized carbons (Fsp3) is 0.769. The highest BCUT2D eigenvalue weighted by molar-refractivity contribution is 6.10. The highest BCUT2D eigenvalue weighted by atomic mass is 16.6. The number of fused-ring (bicyclic) bond motifs is 2. The van der Waals surface area contributed by atoms with Gasteiger partial charge in [-0.15, -0.1) is 0 Å². The zero-order valence-corrected chi connectivity index (χ0v) is 11.5. The SMILES string of the molecule is CN(C)C(=O)[C@]12CC[C@](C)(C(=O)OC1=O)C2(C)C. The Morgan fingerprint density at radius 1 is 1.11 bits per heavy atom. The molecular weight excluding hydrogens is 234 g/mol. The highest BCUT2D eigenvalue weighted by Crippen LogP contribution is 2.66. The molecule has 0 aromatic carbocycles. The van der Waals surface area contributed by atoms with E-state index in [1.807, 2.05) is 13.8 Å². The van der Waals surface area contributed by atoms with Crippen molar-refractivity contribution < 1.29 is 19.1 Å². The van der Waals surface area contributed by atoms with Crippen LogP contribution in [0.2, 0.25) is 0 Å². The Hall–Kier alpha value is -1.39. The van der Waals surface area contributed by atoms with Crippen LogP contribution in [0.1, 0.15) is 33.6 Å². The fourth-order valence-electron chi connectivity index (χ4n) is 3.38. The van der Waals surface area contributed by atoms with E-state index in [1.54, 1.807) is 21.0 Å². The number of carbonyl (C=O) groups excluding carboxylic acids is 3. The maximum atomic E-state index is 12.5. The molecule has 1 amide bonds. The van der Waals surface area contributed by atoms with E-state index < -0.39 is 28.2 Å². The van der Waals surface area contributed by atoms with Crippen molar-refractivity contribution in [1.29, 1.82) is 0 Å². The monoisotopic (exact) mass is 253 g/mol. The van der Waals surface area contributed by atoms with Gasteiger partial charge in [-0.25, -0.2) is 0 Å². The summed E-state index contributed by atoms with van der Waals surface area (Å²) in [6.45, 7) is 5.42. The summed E-state index contributed by atoms with van der Waals surface area (Å²) in [5.74, 6) is -1.46. The summed E-state index contributed by atoms with van der Waals surface area (Å²) in [6.07, 6.45) is 0.877. The molecule has 18 heavy (non-hydrogen) atoms. The van der Waals surface area contributed by atoms with Gasteiger partial charge < -0.3 is 9.64 Å². The van der Waals surface area contributed by atoms with E-state index in [9.17, 15) is 14.4 Å². The minimum Gasteiger partial charge on any atom is -0.392 e. The molecule has 5 nitrogen and oxygen atoms in total. The van der Waals surface area contributed by atoms with Crippen LogP contribution in [0.4, 0.5) is 0 Å². The van der Waals surface area contributed by atoms with Gasteiger partial charge in [0.25, 0.3) is 0 Å². The third-order valence-corrected chi connectivity index (χ3v) is 5.20. The van der Waals surface area contributed by atoms with Crippen molar-refractivity contribution in [3.05, 3.63) is 0 Å². The van der Waals surface area contributed by atoms with Crippen molar-refractivity contribution in [2.24, 2.45) is 16.2 Å². The molecule has 1 aliphatic heterocycles. The van der Waals surface area contributed by atoms with Gasteiger partial charge in [0, 0.05) is 19.5 Å². The Morgan fingerprint density at radius 2 is 1.67 bits per heavy atom. The number of cyclic esters (lactones) is 2. The first-order valence-corrected chi connectivity index (χ1v) is 6.10. The molecule has 0 aromatic heterocycles. The summed E-state index contributed by atoms with van der Waals surface area (Å²) in [5, 5.41) is 0. The molecule has 0 spiro atoms. The maximum Gasteiger partial charge on any atom is 0.329 e. The number of esters is 2. The lowest BCUT2D eigenvalue weighted by Crippen LogP contribution is -2.61. The van der Waals surface area contributed by atoms with Crippen LogP contribution in [0.3, 0.4) is 0 Å². The van der Waals surface area contributed by atoms with E-state index in [-0.39, 0.29) is 5.91 Å². The van der Waals surface area contributed by atoms with Crippen molar-refractivity contribution in [1.82, 2.24) is 4.90 Å². The molecule has 2 aliphatic rings. The van der Waals surface area contributed by atoms with Crippen LogP contribution < -0.4 is 0 Å². The first-order valence-electron chi connectivity index (χ1n) is 6.10. The molecule has 5 heteroatoms. The number of rotatable bonds is 1. The van der Waals surface area contributed by atoms with Gasteiger partial charge in [-0.05, 0) is 19.8 Å². The normalized spacial score (nSPS) is 37.4. The van der Waals surface area contributed by atoms with E-state index in [0.29, 0.717) is 12.8 Å². The predicted octanol–water partition coefficient (Wildman–Crippen LogP) is 0.971. The number of nitrogens with zero attached hydrogens (tertiary/aromatic N) is 1. The van der Waals surface area contributed by atoms with Gasteiger partial charge >= 0.3 is 11.9 Å². The van der Waals surface area contributed by atoms with E-state index in [4.69, 9.17) is 4.74 Å². The van der Waals surface area contributed by atoms with Crippen LogP contribution in [0.25, 0.3) is 0 Å². The van der Waals surface area contributed by atoms with Crippen LogP contribution in [-0.2, 0) is 19.1 Å². The van der Waals surface area contributed by atoms with E-state index >= 15 is 0 Å². The topological polar surface area (TPSA) is 63.7 Å². The van der Waals surface area contributed by atoms with Crippen LogP contribution in [0.5, 0.6) is 0 Å². The highest BCUT2D eigenvalue weighted by Gasteiger charge is 2.75. The van der Waals surface area contributed by atoms with Gasteiger partial charge in [-0.3, -0.25) is 14.4 Å². The number of carbonyl (C=O) groups is 3. The first-order chi connectivity index (χ1) is 8.11. The molecule has 1 saturated carbocycles. The molecule has 0 unspecified atom stereocenters. The fourth-order valence-corrected chi connectivity index (χ4v) is 3.38. The van der Waals surface area contributed by atoms with Crippen LogP contribution in [-0.4, -0.2) is 36.8 Å². The average Bonchev–Trinajstić information content (AvgIpc) is 2.40. The Kier molecular flexibility index (Phi) is 2.42. The number of hydrogen-bond acceptors (Lipinski definition) is 4. The molecule has 1 heterocycles. The lowest BCUT2D eigenvalue weighted by molar-refractivity contribution is -0.198. The molecule has 1 saturated heterocycles. The zero-order valence-electron chi connectivity index (χ0n) is 11.5. The zero-order chi connectivity index (χ0) is 13.9. The predicted molar refractivity (Wildman–Crippen MR) is 63.3 cm³/mol.